The minimum absolute atomic E-state index is 0.0318. The average molecular weight is 345 g/mol. The summed E-state index contributed by atoms with van der Waals surface area (Å²) >= 11 is 0. The maximum atomic E-state index is 13.4. The van der Waals surface area contributed by atoms with Crippen LogP contribution in [0.2, 0.25) is 0 Å². The number of fused-ring (bicyclic) bond motifs is 2. The molecule has 0 fully saturated rings. The summed E-state index contributed by atoms with van der Waals surface area (Å²) < 4.78 is 26.5. The molecule has 1 aromatic carbocycles. The van der Waals surface area contributed by atoms with Gasteiger partial charge in [-0.2, -0.15) is 5.10 Å². The van der Waals surface area contributed by atoms with Crippen LogP contribution < -0.4 is 9.64 Å². The zero-order valence-corrected chi connectivity index (χ0v) is 14.5. The summed E-state index contributed by atoms with van der Waals surface area (Å²) in [4.78, 5) is 14.8. The second-order valence-electron chi connectivity index (χ2n) is 6.55. The minimum atomic E-state index is -0.386. The molecule has 7 heteroatoms. The molecule has 2 aromatic rings. The second kappa shape index (κ2) is 5.84. The van der Waals surface area contributed by atoms with Gasteiger partial charge in [0.2, 0.25) is 0 Å². The lowest BCUT2D eigenvalue weighted by Crippen LogP contribution is -2.39. The highest BCUT2D eigenvalue weighted by Crippen LogP contribution is 2.36. The van der Waals surface area contributed by atoms with Gasteiger partial charge < -0.3 is 14.4 Å². The molecule has 0 saturated carbocycles. The Bertz CT molecular complexity index is 848. The van der Waals surface area contributed by atoms with Crippen molar-refractivity contribution in [3.05, 3.63) is 41.0 Å². The number of rotatable bonds is 1. The number of aromatic nitrogens is 2. The third kappa shape index (κ3) is 2.59. The monoisotopic (exact) mass is 345 g/mol. The van der Waals surface area contributed by atoms with Crippen LogP contribution in [0.25, 0.3) is 0 Å². The highest BCUT2D eigenvalue weighted by atomic mass is 19.1. The molecular formula is C18H20FN3O3. The van der Waals surface area contributed by atoms with Crippen LogP contribution in [-0.4, -0.2) is 34.9 Å². The Labute approximate surface area is 145 Å². The molecule has 6 nitrogen and oxygen atoms in total. The molecule has 0 bridgehead atoms. The number of hydrogen-bond donors (Lipinski definition) is 0. The number of nitrogens with zero attached hydrogens (tertiary/aromatic N) is 3. The summed E-state index contributed by atoms with van der Waals surface area (Å²) in [5.74, 6) is -0.188. The fraction of sp³-hybridized carbons (Fsp3) is 0.444. The van der Waals surface area contributed by atoms with E-state index in [9.17, 15) is 9.18 Å². The zero-order valence-electron chi connectivity index (χ0n) is 14.5. The Hall–Kier alpha value is -2.41. The molecule has 25 heavy (non-hydrogen) atoms. The topological polar surface area (TPSA) is 56.6 Å². The molecule has 0 saturated heterocycles. The summed E-state index contributed by atoms with van der Waals surface area (Å²) in [6.45, 7) is 4.70. The predicted molar refractivity (Wildman–Crippen MR) is 89.4 cm³/mol. The van der Waals surface area contributed by atoms with Crippen LogP contribution in [0.5, 0.6) is 5.75 Å². The van der Waals surface area contributed by atoms with Gasteiger partial charge in [-0.25, -0.2) is 4.39 Å². The van der Waals surface area contributed by atoms with E-state index in [1.54, 1.807) is 15.6 Å². The third-order valence-electron chi connectivity index (χ3n) is 4.74. The summed E-state index contributed by atoms with van der Waals surface area (Å²) in [5.41, 5.74) is 2.89. The van der Waals surface area contributed by atoms with E-state index in [-0.39, 0.29) is 23.9 Å². The van der Waals surface area contributed by atoms with Crippen LogP contribution in [0.4, 0.5) is 10.1 Å². The largest absolute Gasteiger partial charge is 0.489 e. The van der Waals surface area contributed by atoms with E-state index in [0.29, 0.717) is 36.7 Å². The van der Waals surface area contributed by atoms with E-state index in [4.69, 9.17) is 9.47 Å². The average Bonchev–Trinajstić information content (AvgIpc) is 2.90. The first kappa shape index (κ1) is 16.1. The van der Waals surface area contributed by atoms with Gasteiger partial charge in [-0.15, -0.1) is 0 Å². The van der Waals surface area contributed by atoms with Crippen LogP contribution >= 0.6 is 0 Å². The number of amides is 1. The molecule has 0 aliphatic carbocycles. The van der Waals surface area contributed by atoms with E-state index in [1.165, 1.54) is 12.1 Å². The van der Waals surface area contributed by atoms with Crippen LogP contribution in [0, 0.1) is 5.82 Å². The third-order valence-corrected chi connectivity index (χ3v) is 4.74. The van der Waals surface area contributed by atoms with Crippen molar-refractivity contribution < 1.29 is 18.7 Å². The molecular weight excluding hydrogens is 325 g/mol. The maximum absolute atomic E-state index is 13.4. The number of carbonyl (C=O) groups is 1. The van der Waals surface area contributed by atoms with E-state index in [2.05, 4.69) is 5.10 Å². The van der Waals surface area contributed by atoms with Gasteiger partial charge in [0.15, 0.2) is 5.69 Å². The maximum Gasteiger partial charge on any atom is 0.279 e. The van der Waals surface area contributed by atoms with Crippen molar-refractivity contribution in [2.24, 2.45) is 7.05 Å². The van der Waals surface area contributed by atoms with Crippen molar-refractivity contribution in [3.63, 3.8) is 0 Å². The van der Waals surface area contributed by atoms with Gasteiger partial charge in [0.25, 0.3) is 5.91 Å². The van der Waals surface area contributed by atoms with Crippen molar-refractivity contribution in [1.82, 2.24) is 9.78 Å². The minimum Gasteiger partial charge on any atom is -0.489 e. The van der Waals surface area contributed by atoms with E-state index < -0.39 is 0 Å². The van der Waals surface area contributed by atoms with Crippen LogP contribution in [0.1, 0.15) is 41.7 Å². The van der Waals surface area contributed by atoms with Crippen molar-refractivity contribution in [3.8, 4) is 5.75 Å². The number of anilines is 1. The summed E-state index contributed by atoms with van der Waals surface area (Å²) in [6, 6.07) is 4.21. The molecule has 2 atom stereocenters. The number of ether oxygens (including phenoxy) is 2. The molecule has 0 N–H and O–H groups in total. The lowest BCUT2D eigenvalue weighted by molar-refractivity contribution is -0.00902. The molecule has 0 spiro atoms. The second-order valence-corrected chi connectivity index (χ2v) is 6.55. The first-order chi connectivity index (χ1) is 12.0. The first-order valence-electron chi connectivity index (χ1n) is 8.41. The van der Waals surface area contributed by atoms with E-state index in [0.717, 1.165) is 11.3 Å². The van der Waals surface area contributed by atoms with Gasteiger partial charge in [-0.3, -0.25) is 9.48 Å². The van der Waals surface area contributed by atoms with Gasteiger partial charge in [0.05, 0.1) is 30.1 Å². The van der Waals surface area contributed by atoms with Gasteiger partial charge >= 0.3 is 0 Å². The molecule has 2 aliphatic heterocycles. The van der Waals surface area contributed by atoms with Crippen LogP contribution in [0.15, 0.2) is 18.2 Å². The number of benzene rings is 1. The van der Waals surface area contributed by atoms with Crippen molar-refractivity contribution >= 4 is 11.6 Å². The number of halogens is 1. The Morgan fingerprint density at radius 1 is 1.36 bits per heavy atom. The fourth-order valence-corrected chi connectivity index (χ4v) is 3.74. The number of aryl methyl sites for hydroxylation is 1. The molecule has 4 rings (SSSR count). The van der Waals surface area contributed by atoms with E-state index in [1.807, 2.05) is 20.9 Å². The molecule has 132 valence electrons. The highest BCUT2D eigenvalue weighted by molar-refractivity contribution is 6.07. The Balaban J connectivity index is 1.75. The van der Waals surface area contributed by atoms with Crippen LogP contribution in [-0.2, 0) is 18.2 Å². The van der Waals surface area contributed by atoms with Gasteiger partial charge in [0.1, 0.15) is 18.2 Å². The smallest absolute Gasteiger partial charge is 0.279 e. The fourth-order valence-electron chi connectivity index (χ4n) is 3.74. The van der Waals surface area contributed by atoms with Crippen molar-refractivity contribution in [2.75, 3.05) is 18.1 Å². The molecule has 2 aliphatic rings. The van der Waals surface area contributed by atoms with Gasteiger partial charge in [0, 0.05) is 25.1 Å². The Kier molecular flexibility index (Phi) is 3.76. The lowest BCUT2D eigenvalue weighted by atomic mass is 9.99. The quantitative estimate of drug-likeness (QED) is 0.797. The first-order valence-corrected chi connectivity index (χ1v) is 8.41. The summed E-state index contributed by atoms with van der Waals surface area (Å²) in [5, 5.41) is 4.47. The normalized spacial score (nSPS) is 22.2. The Morgan fingerprint density at radius 3 is 2.96 bits per heavy atom. The highest BCUT2D eigenvalue weighted by Gasteiger charge is 2.34. The molecule has 0 radical (unpaired) electrons. The summed E-state index contributed by atoms with van der Waals surface area (Å²) in [7, 11) is 1.83. The van der Waals surface area contributed by atoms with E-state index >= 15 is 0 Å². The molecule has 3 heterocycles. The predicted octanol–water partition coefficient (Wildman–Crippen LogP) is 2.62. The van der Waals surface area contributed by atoms with Crippen molar-refractivity contribution in [2.45, 2.75) is 32.5 Å². The van der Waals surface area contributed by atoms with Gasteiger partial charge in [-0.05, 0) is 26.0 Å². The zero-order chi connectivity index (χ0) is 17.7. The number of carbonyl (C=O) groups excluding carboxylic acids is 1. The van der Waals surface area contributed by atoms with Crippen molar-refractivity contribution in [1.29, 1.82) is 0 Å². The lowest BCUT2D eigenvalue weighted by Gasteiger charge is -2.30. The standard InChI is InChI=1S/C18H20FN3O3/c1-10-8-13-16(20-21(3)17(13)11(2)25-10)18(23)22-6-7-24-15-9-12(19)4-5-14(15)22/h4-5,9-11H,6-8H2,1-3H3/t10-,11+/m1/s1. The molecule has 0 unspecified atom stereocenters. The molecule has 1 aromatic heterocycles. The molecule has 1 amide bonds. The Morgan fingerprint density at radius 2 is 2.16 bits per heavy atom. The van der Waals surface area contributed by atoms with Crippen LogP contribution in [0.3, 0.4) is 0 Å². The van der Waals surface area contributed by atoms with Gasteiger partial charge in [-0.1, -0.05) is 0 Å². The number of hydrogen-bond acceptors (Lipinski definition) is 4. The summed E-state index contributed by atoms with van der Waals surface area (Å²) in [6.07, 6.45) is 0.572. The SMILES string of the molecule is C[C@@H]1Cc2c(C(=O)N3CCOc4cc(F)ccc43)nn(C)c2[C@H](C)O1.